The van der Waals surface area contributed by atoms with Gasteiger partial charge in [-0.05, 0) is 31.0 Å². The number of ether oxygens (including phenoxy) is 2. The lowest BCUT2D eigenvalue weighted by molar-refractivity contribution is -0.118. The molecule has 0 saturated carbocycles. The number of amides is 1. The first kappa shape index (κ1) is 17.7. The summed E-state index contributed by atoms with van der Waals surface area (Å²) in [6.45, 7) is 1.60. The van der Waals surface area contributed by atoms with Crippen molar-refractivity contribution in [2.45, 2.75) is 31.5 Å². The van der Waals surface area contributed by atoms with Crippen LogP contribution in [0.3, 0.4) is 0 Å². The van der Waals surface area contributed by atoms with E-state index >= 15 is 0 Å². The molecule has 23 heavy (non-hydrogen) atoms. The standard InChI is InChI=1S/C16H24FN3O3/c1-22-13(9-18)8-16(21)20-11-4-5-15(14(17)7-11)19-10-12-3-2-6-23-12/h4-5,7,12-13,19H,2-3,6,8-10,18H2,1H3,(H,20,21). The lowest BCUT2D eigenvalue weighted by Crippen LogP contribution is -2.28. The summed E-state index contributed by atoms with van der Waals surface area (Å²) < 4.78 is 24.6. The zero-order valence-corrected chi connectivity index (χ0v) is 13.3. The van der Waals surface area contributed by atoms with Crippen LogP contribution >= 0.6 is 0 Å². The minimum absolute atomic E-state index is 0.133. The summed E-state index contributed by atoms with van der Waals surface area (Å²) >= 11 is 0. The maximum atomic E-state index is 14.1. The summed E-state index contributed by atoms with van der Waals surface area (Å²) in [6.07, 6.45) is 1.96. The predicted molar refractivity (Wildman–Crippen MR) is 87.0 cm³/mol. The Balaban J connectivity index is 1.86. The molecule has 6 nitrogen and oxygen atoms in total. The van der Waals surface area contributed by atoms with Gasteiger partial charge in [-0.1, -0.05) is 0 Å². The van der Waals surface area contributed by atoms with E-state index < -0.39 is 5.82 Å². The summed E-state index contributed by atoms with van der Waals surface area (Å²) in [6, 6.07) is 4.56. The Morgan fingerprint density at radius 1 is 1.57 bits per heavy atom. The highest BCUT2D eigenvalue weighted by Crippen LogP contribution is 2.20. The fourth-order valence-electron chi connectivity index (χ4n) is 2.45. The number of carbonyl (C=O) groups is 1. The van der Waals surface area contributed by atoms with E-state index in [1.165, 1.54) is 13.2 Å². The van der Waals surface area contributed by atoms with Gasteiger partial charge in [-0.3, -0.25) is 4.79 Å². The summed E-state index contributed by atoms with van der Waals surface area (Å²) in [5, 5.41) is 5.68. The number of carbonyl (C=O) groups excluding carboxylic acids is 1. The Kier molecular flexibility index (Phi) is 6.76. The Morgan fingerprint density at radius 2 is 2.39 bits per heavy atom. The maximum Gasteiger partial charge on any atom is 0.227 e. The predicted octanol–water partition coefficient (Wildman–Crippen LogP) is 1.72. The fraction of sp³-hybridized carbons (Fsp3) is 0.562. The number of anilines is 2. The molecule has 1 fully saturated rings. The Labute approximate surface area is 135 Å². The van der Waals surface area contributed by atoms with Crippen molar-refractivity contribution >= 4 is 17.3 Å². The van der Waals surface area contributed by atoms with Crippen molar-refractivity contribution in [3.05, 3.63) is 24.0 Å². The molecule has 1 heterocycles. The van der Waals surface area contributed by atoms with Crippen LogP contribution in [-0.4, -0.2) is 44.9 Å². The lowest BCUT2D eigenvalue weighted by atomic mass is 10.2. The molecule has 1 aromatic rings. The Hall–Kier alpha value is -1.70. The third-order valence-corrected chi connectivity index (χ3v) is 3.81. The highest BCUT2D eigenvalue weighted by atomic mass is 19.1. The van der Waals surface area contributed by atoms with Crippen molar-refractivity contribution in [2.75, 3.05) is 37.4 Å². The maximum absolute atomic E-state index is 14.1. The Bertz CT molecular complexity index is 517. The topological polar surface area (TPSA) is 85.6 Å². The second kappa shape index (κ2) is 8.81. The number of rotatable bonds is 8. The molecule has 0 radical (unpaired) electrons. The fourth-order valence-corrected chi connectivity index (χ4v) is 2.45. The first-order valence-electron chi connectivity index (χ1n) is 7.80. The quantitative estimate of drug-likeness (QED) is 0.677. The van der Waals surface area contributed by atoms with Gasteiger partial charge in [0.05, 0.1) is 24.3 Å². The molecule has 0 aliphatic carbocycles. The monoisotopic (exact) mass is 325 g/mol. The SMILES string of the molecule is COC(CN)CC(=O)Nc1ccc(NCC2CCCO2)c(F)c1. The van der Waals surface area contributed by atoms with Crippen LogP contribution in [0.5, 0.6) is 0 Å². The largest absolute Gasteiger partial charge is 0.380 e. The van der Waals surface area contributed by atoms with E-state index in [4.69, 9.17) is 15.2 Å². The second-order valence-corrected chi connectivity index (χ2v) is 5.56. The van der Waals surface area contributed by atoms with E-state index in [1.807, 2.05) is 0 Å². The second-order valence-electron chi connectivity index (χ2n) is 5.56. The van der Waals surface area contributed by atoms with Crippen molar-refractivity contribution < 1.29 is 18.7 Å². The molecule has 1 aliphatic heterocycles. The highest BCUT2D eigenvalue weighted by Gasteiger charge is 2.16. The minimum Gasteiger partial charge on any atom is -0.380 e. The van der Waals surface area contributed by atoms with Crippen molar-refractivity contribution in [3.63, 3.8) is 0 Å². The average Bonchev–Trinajstić information content (AvgIpc) is 3.05. The van der Waals surface area contributed by atoms with E-state index in [0.29, 0.717) is 17.9 Å². The molecule has 1 aromatic carbocycles. The van der Waals surface area contributed by atoms with Gasteiger partial charge in [-0.15, -0.1) is 0 Å². The van der Waals surface area contributed by atoms with Crippen molar-refractivity contribution in [2.24, 2.45) is 5.73 Å². The summed E-state index contributed by atoms with van der Waals surface area (Å²) in [5.41, 5.74) is 6.27. The number of nitrogens with two attached hydrogens (primary N) is 1. The molecule has 2 rings (SSSR count). The molecule has 1 amide bonds. The number of halogens is 1. The lowest BCUT2D eigenvalue weighted by Gasteiger charge is -2.14. The van der Waals surface area contributed by atoms with Gasteiger partial charge in [0.15, 0.2) is 0 Å². The van der Waals surface area contributed by atoms with Gasteiger partial charge in [0.2, 0.25) is 5.91 Å². The molecular weight excluding hydrogens is 301 g/mol. The van der Waals surface area contributed by atoms with Crippen LogP contribution in [0.1, 0.15) is 19.3 Å². The van der Waals surface area contributed by atoms with Crippen LogP contribution in [0, 0.1) is 5.82 Å². The molecular formula is C16H24FN3O3. The molecule has 128 valence electrons. The van der Waals surface area contributed by atoms with E-state index in [-0.39, 0.29) is 31.1 Å². The summed E-state index contributed by atoms with van der Waals surface area (Å²) in [7, 11) is 1.50. The number of hydrogen-bond acceptors (Lipinski definition) is 5. The number of hydrogen-bond donors (Lipinski definition) is 3. The molecule has 0 spiro atoms. The van der Waals surface area contributed by atoms with Crippen LogP contribution in [0.15, 0.2) is 18.2 Å². The molecule has 0 bridgehead atoms. The first-order valence-corrected chi connectivity index (χ1v) is 7.80. The van der Waals surface area contributed by atoms with Gasteiger partial charge in [-0.25, -0.2) is 4.39 Å². The third-order valence-electron chi connectivity index (χ3n) is 3.81. The minimum atomic E-state index is -0.414. The molecule has 1 aliphatic rings. The average molecular weight is 325 g/mol. The van der Waals surface area contributed by atoms with E-state index in [9.17, 15) is 9.18 Å². The van der Waals surface area contributed by atoms with Crippen LogP contribution in [0.4, 0.5) is 15.8 Å². The molecule has 2 atom stereocenters. The van der Waals surface area contributed by atoms with Gasteiger partial charge in [0, 0.05) is 32.5 Å². The van der Waals surface area contributed by atoms with Crippen LogP contribution < -0.4 is 16.4 Å². The zero-order chi connectivity index (χ0) is 16.7. The summed E-state index contributed by atoms with van der Waals surface area (Å²) in [5.74, 6) is -0.676. The van der Waals surface area contributed by atoms with E-state index in [1.54, 1.807) is 12.1 Å². The van der Waals surface area contributed by atoms with Gasteiger partial charge in [-0.2, -0.15) is 0 Å². The van der Waals surface area contributed by atoms with Crippen molar-refractivity contribution in [3.8, 4) is 0 Å². The number of benzene rings is 1. The molecule has 2 unspecified atom stereocenters. The van der Waals surface area contributed by atoms with Gasteiger partial charge in [0.1, 0.15) is 5.82 Å². The molecule has 1 saturated heterocycles. The molecule has 0 aromatic heterocycles. The van der Waals surface area contributed by atoms with Gasteiger partial charge < -0.3 is 25.8 Å². The van der Waals surface area contributed by atoms with Crippen molar-refractivity contribution in [1.29, 1.82) is 0 Å². The molecule has 7 heteroatoms. The van der Waals surface area contributed by atoms with Crippen LogP contribution in [-0.2, 0) is 14.3 Å². The van der Waals surface area contributed by atoms with Gasteiger partial charge >= 0.3 is 0 Å². The zero-order valence-electron chi connectivity index (χ0n) is 13.3. The Morgan fingerprint density at radius 3 is 3.00 bits per heavy atom. The van der Waals surface area contributed by atoms with Gasteiger partial charge in [0.25, 0.3) is 0 Å². The molecule has 4 N–H and O–H groups in total. The third kappa shape index (κ3) is 5.46. The normalized spacial score (nSPS) is 18.7. The highest BCUT2D eigenvalue weighted by molar-refractivity contribution is 5.91. The van der Waals surface area contributed by atoms with E-state index in [0.717, 1.165) is 19.4 Å². The smallest absolute Gasteiger partial charge is 0.227 e. The van der Waals surface area contributed by atoms with Crippen LogP contribution in [0.25, 0.3) is 0 Å². The van der Waals surface area contributed by atoms with Crippen LogP contribution in [0.2, 0.25) is 0 Å². The summed E-state index contributed by atoms with van der Waals surface area (Å²) in [4.78, 5) is 11.8. The first-order chi connectivity index (χ1) is 11.1. The van der Waals surface area contributed by atoms with E-state index in [2.05, 4.69) is 10.6 Å². The number of nitrogens with one attached hydrogen (secondary N) is 2. The number of methoxy groups -OCH3 is 1. The van der Waals surface area contributed by atoms with Crippen molar-refractivity contribution in [1.82, 2.24) is 0 Å².